The van der Waals surface area contributed by atoms with Gasteiger partial charge in [0.05, 0.1) is 0 Å². The molecule has 0 aliphatic carbocycles. The van der Waals surface area contributed by atoms with E-state index < -0.39 is 0 Å². The average Bonchev–Trinajstić information content (AvgIpc) is 2.22. The van der Waals surface area contributed by atoms with Crippen LogP contribution < -0.4 is 4.74 Å². The van der Waals surface area contributed by atoms with Crippen LogP contribution in [0.5, 0.6) is 5.75 Å². The Bertz CT molecular complexity index is 366. The van der Waals surface area contributed by atoms with Crippen molar-refractivity contribution in [2.45, 2.75) is 53.1 Å². The molecule has 0 N–H and O–H groups in total. The Morgan fingerprint density at radius 3 is 2.39 bits per heavy atom. The van der Waals surface area contributed by atoms with Crippen LogP contribution in [-0.2, 0) is 0 Å². The number of benzene rings is 1. The van der Waals surface area contributed by atoms with Gasteiger partial charge in [0.2, 0.25) is 0 Å². The first-order chi connectivity index (χ1) is 8.30. The molecule has 0 saturated carbocycles. The lowest BCUT2D eigenvalue weighted by Gasteiger charge is -2.38. The molecule has 0 heterocycles. The highest BCUT2D eigenvalue weighted by Crippen LogP contribution is 2.17. The first-order valence-corrected chi connectivity index (χ1v) is 6.77. The molecule has 1 aromatic rings. The van der Waals surface area contributed by atoms with E-state index in [0.29, 0.717) is 6.04 Å². The van der Waals surface area contributed by atoms with Gasteiger partial charge < -0.3 is 4.74 Å². The van der Waals surface area contributed by atoms with Gasteiger partial charge in [0, 0.05) is 18.1 Å². The summed E-state index contributed by atoms with van der Waals surface area (Å²) in [6.07, 6.45) is 0. The quantitative estimate of drug-likeness (QED) is 0.785. The average molecular weight is 249 g/mol. The lowest BCUT2D eigenvalue weighted by Crippen LogP contribution is -2.47. The zero-order valence-corrected chi connectivity index (χ0v) is 12.7. The number of ether oxygens (including phenoxy) is 1. The van der Waals surface area contributed by atoms with Gasteiger partial charge in [-0.15, -0.1) is 0 Å². The topological polar surface area (TPSA) is 12.5 Å². The molecule has 0 fully saturated rings. The van der Waals surface area contributed by atoms with Gasteiger partial charge in [-0.2, -0.15) is 0 Å². The zero-order valence-electron chi connectivity index (χ0n) is 12.7. The van der Waals surface area contributed by atoms with E-state index in [0.717, 1.165) is 18.9 Å². The van der Waals surface area contributed by atoms with Crippen LogP contribution >= 0.6 is 0 Å². The van der Waals surface area contributed by atoms with Crippen molar-refractivity contribution >= 4 is 0 Å². The van der Waals surface area contributed by atoms with Gasteiger partial charge in [0.1, 0.15) is 12.4 Å². The molecule has 1 rings (SSSR count). The van der Waals surface area contributed by atoms with Crippen LogP contribution in [0, 0.1) is 6.92 Å². The third kappa shape index (κ3) is 4.69. The van der Waals surface area contributed by atoms with Crippen LogP contribution in [0.2, 0.25) is 0 Å². The summed E-state index contributed by atoms with van der Waals surface area (Å²) in [6, 6.07) is 8.75. The third-order valence-electron chi connectivity index (χ3n) is 3.08. The highest BCUT2D eigenvalue weighted by molar-refractivity contribution is 5.27. The molecule has 0 saturated heterocycles. The summed E-state index contributed by atoms with van der Waals surface area (Å²) >= 11 is 0. The number of aryl methyl sites for hydroxylation is 1. The van der Waals surface area contributed by atoms with Crippen molar-refractivity contribution in [3.05, 3.63) is 29.8 Å². The van der Waals surface area contributed by atoms with Crippen molar-refractivity contribution in [1.82, 2.24) is 4.90 Å². The Kier molecular flexibility index (Phi) is 5.21. The van der Waals surface area contributed by atoms with Gasteiger partial charge in [-0.1, -0.05) is 12.1 Å². The van der Waals surface area contributed by atoms with Crippen LogP contribution in [0.15, 0.2) is 24.3 Å². The van der Waals surface area contributed by atoms with Gasteiger partial charge in [0.25, 0.3) is 0 Å². The molecule has 102 valence electrons. The van der Waals surface area contributed by atoms with Gasteiger partial charge in [-0.05, 0) is 59.2 Å². The van der Waals surface area contributed by atoms with Crippen molar-refractivity contribution in [3.63, 3.8) is 0 Å². The maximum Gasteiger partial charge on any atom is 0.119 e. The Labute approximate surface area is 112 Å². The minimum Gasteiger partial charge on any atom is -0.492 e. The maximum absolute atomic E-state index is 5.82. The molecule has 0 aliphatic rings. The molecule has 2 nitrogen and oxygen atoms in total. The molecule has 0 unspecified atom stereocenters. The Morgan fingerprint density at radius 2 is 1.89 bits per heavy atom. The van der Waals surface area contributed by atoms with Crippen LogP contribution in [0.1, 0.15) is 40.2 Å². The first kappa shape index (κ1) is 15.0. The van der Waals surface area contributed by atoms with Crippen molar-refractivity contribution < 1.29 is 4.74 Å². The van der Waals surface area contributed by atoms with Crippen molar-refractivity contribution in [2.24, 2.45) is 0 Å². The fourth-order valence-corrected chi connectivity index (χ4v) is 2.34. The normalized spacial score (nSPS) is 12.2. The summed E-state index contributed by atoms with van der Waals surface area (Å²) in [6.45, 7) is 15.0. The van der Waals surface area contributed by atoms with Crippen LogP contribution in [0.25, 0.3) is 0 Å². The summed E-state index contributed by atoms with van der Waals surface area (Å²) in [5.41, 5.74) is 1.42. The fourth-order valence-electron chi connectivity index (χ4n) is 2.34. The van der Waals surface area contributed by atoms with Gasteiger partial charge in [-0.25, -0.2) is 0 Å². The molecule has 0 bridgehead atoms. The number of nitrogens with zero attached hydrogens (tertiary/aromatic N) is 1. The van der Waals surface area contributed by atoms with E-state index >= 15 is 0 Å². The SMILES string of the molecule is Cc1cccc(OCCN(C(C)C)C(C)(C)C)c1. The standard InChI is InChI=1S/C16H27NO/c1-13(2)17(16(4,5)6)10-11-18-15-9-7-8-14(3)12-15/h7-9,12-13H,10-11H2,1-6H3. The predicted molar refractivity (Wildman–Crippen MR) is 78.3 cm³/mol. The van der Waals surface area contributed by atoms with E-state index in [1.807, 2.05) is 12.1 Å². The number of rotatable bonds is 5. The molecular formula is C16H27NO. The molecule has 2 heteroatoms. The molecule has 0 atom stereocenters. The van der Waals surface area contributed by atoms with Crippen molar-refractivity contribution in [1.29, 1.82) is 0 Å². The Morgan fingerprint density at radius 1 is 1.22 bits per heavy atom. The Hall–Kier alpha value is -1.02. The molecule has 0 amide bonds. The second-order valence-electron chi connectivity index (χ2n) is 6.12. The van der Waals surface area contributed by atoms with Crippen molar-refractivity contribution in [2.75, 3.05) is 13.2 Å². The number of hydrogen-bond acceptors (Lipinski definition) is 2. The summed E-state index contributed by atoms with van der Waals surface area (Å²) in [5, 5.41) is 0. The summed E-state index contributed by atoms with van der Waals surface area (Å²) in [4.78, 5) is 2.46. The molecule has 18 heavy (non-hydrogen) atoms. The zero-order chi connectivity index (χ0) is 13.8. The van der Waals surface area contributed by atoms with Crippen LogP contribution in [0.4, 0.5) is 0 Å². The first-order valence-electron chi connectivity index (χ1n) is 6.77. The third-order valence-corrected chi connectivity index (χ3v) is 3.08. The molecule has 0 spiro atoms. The lowest BCUT2D eigenvalue weighted by atomic mass is 10.0. The second kappa shape index (κ2) is 6.24. The Balaban J connectivity index is 2.49. The summed E-state index contributed by atoms with van der Waals surface area (Å²) in [5.74, 6) is 0.965. The second-order valence-corrected chi connectivity index (χ2v) is 6.12. The summed E-state index contributed by atoms with van der Waals surface area (Å²) in [7, 11) is 0. The summed E-state index contributed by atoms with van der Waals surface area (Å²) < 4.78 is 5.82. The molecular weight excluding hydrogens is 222 g/mol. The van der Waals surface area contributed by atoms with E-state index in [-0.39, 0.29) is 5.54 Å². The predicted octanol–water partition coefficient (Wildman–Crippen LogP) is 3.88. The molecule has 1 aromatic carbocycles. The maximum atomic E-state index is 5.82. The minimum atomic E-state index is 0.185. The molecule has 0 aromatic heterocycles. The molecule has 0 aliphatic heterocycles. The van der Waals surface area contributed by atoms with Gasteiger partial charge in [-0.3, -0.25) is 4.90 Å². The van der Waals surface area contributed by atoms with Gasteiger partial charge >= 0.3 is 0 Å². The minimum absolute atomic E-state index is 0.185. The van der Waals surface area contributed by atoms with E-state index in [4.69, 9.17) is 4.74 Å². The van der Waals surface area contributed by atoms with Crippen LogP contribution in [0.3, 0.4) is 0 Å². The van der Waals surface area contributed by atoms with E-state index in [2.05, 4.69) is 58.6 Å². The van der Waals surface area contributed by atoms with Gasteiger partial charge in [0.15, 0.2) is 0 Å². The largest absolute Gasteiger partial charge is 0.492 e. The van der Waals surface area contributed by atoms with E-state index in [9.17, 15) is 0 Å². The smallest absolute Gasteiger partial charge is 0.119 e. The lowest BCUT2D eigenvalue weighted by molar-refractivity contribution is 0.0800. The molecule has 0 radical (unpaired) electrons. The van der Waals surface area contributed by atoms with Crippen molar-refractivity contribution in [3.8, 4) is 5.75 Å². The van der Waals surface area contributed by atoms with Crippen LogP contribution in [-0.4, -0.2) is 29.6 Å². The highest BCUT2D eigenvalue weighted by Gasteiger charge is 2.23. The monoisotopic (exact) mass is 249 g/mol. The van der Waals surface area contributed by atoms with E-state index in [1.54, 1.807) is 0 Å². The van der Waals surface area contributed by atoms with E-state index in [1.165, 1.54) is 5.56 Å². The fraction of sp³-hybridized carbons (Fsp3) is 0.625. The number of hydrogen-bond donors (Lipinski definition) is 0. The highest BCUT2D eigenvalue weighted by atomic mass is 16.5.